The molecule has 1 heterocycles. The van der Waals surface area contributed by atoms with Crippen molar-refractivity contribution in [2.45, 2.75) is 6.04 Å². The van der Waals surface area contributed by atoms with Crippen LogP contribution in [-0.2, 0) is 0 Å². The quantitative estimate of drug-likeness (QED) is 0.525. The zero-order valence-electron chi connectivity index (χ0n) is 5.75. The highest BCUT2D eigenvalue weighted by atomic mass is 14.8. The molecule has 0 aromatic rings. The second kappa shape index (κ2) is 2.66. The van der Waals surface area contributed by atoms with Gasteiger partial charge >= 0.3 is 0 Å². The molecule has 0 aromatic carbocycles. The van der Waals surface area contributed by atoms with E-state index in [1.807, 2.05) is 6.08 Å². The van der Waals surface area contributed by atoms with Gasteiger partial charge in [-0.3, -0.25) is 4.99 Å². The van der Waals surface area contributed by atoms with E-state index in [1.165, 1.54) is 0 Å². The van der Waals surface area contributed by atoms with Crippen molar-refractivity contribution in [3.05, 3.63) is 23.9 Å². The van der Waals surface area contributed by atoms with Crippen LogP contribution in [0, 0.1) is 0 Å². The summed E-state index contributed by atoms with van der Waals surface area (Å²) in [6.45, 7) is 4.23. The lowest BCUT2D eigenvalue weighted by Crippen LogP contribution is -2.25. The summed E-state index contributed by atoms with van der Waals surface area (Å²) in [6, 6.07) is 0.000278. The van der Waals surface area contributed by atoms with Crippen LogP contribution < -0.4 is 11.5 Å². The van der Waals surface area contributed by atoms with Gasteiger partial charge in [0.2, 0.25) is 0 Å². The first-order chi connectivity index (χ1) is 4.70. The van der Waals surface area contributed by atoms with Crippen molar-refractivity contribution in [2.24, 2.45) is 16.5 Å². The lowest BCUT2D eigenvalue weighted by atomic mass is 10.1. The molecule has 1 rings (SSSR count). The van der Waals surface area contributed by atoms with Gasteiger partial charge in [0.1, 0.15) is 0 Å². The number of rotatable bonds is 1. The molecule has 0 saturated carbocycles. The van der Waals surface area contributed by atoms with Crippen LogP contribution >= 0.6 is 0 Å². The van der Waals surface area contributed by atoms with Gasteiger partial charge < -0.3 is 11.5 Å². The third kappa shape index (κ3) is 1.45. The van der Waals surface area contributed by atoms with Crippen molar-refractivity contribution in [1.82, 2.24) is 0 Å². The molecule has 0 fully saturated rings. The Morgan fingerprint density at radius 1 is 1.80 bits per heavy atom. The van der Waals surface area contributed by atoms with Gasteiger partial charge in [0, 0.05) is 23.5 Å². The monoisotopic (exact) mass is 137 g/mol. The van der Waals surface area contributed by atoms with Gasteiger partial charge in [-0.2, -0.15) is 0 Å². The van der Waals surface area contributed by atoms with Crippen molar-refractivity contribution in [3.63, 3.8) is 0 Å². The van der Waals surface area contributed by atoms with Crippen molar-refractivity contribution < 1.29 is 0 Å². The minimum atomic E-state index is 0.000278. The third-order valence-corrected chi connectivity index (χ3v) is 1.31. The van der Waals surface area contributed by atoms with Crippen LogP contribution in [0.1, 0.15) is 0 Å². The maximum atomic E-state index is 5.58. The average molecular weight is 137 g/mol. The summed E-state index contributed by atoms with van der Waals surface area (Å²) >= 11 is 0. The van der Waals surface area contributed by atoms with Crippen molar-refractivity contribution in [1.29, 1.82) is 0 Å². The minimum absolute atomic E-state index is 0.000278. The fraction of sp³-hybridized carbons (Fsp3) is 0.286. The van der Waals surface area contributed by atoms with Gasteiger partial charge in [-0.15, -0.1) is 0 Å². The van der Waals surface area contributed by atoms with E-state index in [2.05, 4.69) is 11.6 Å². The molecule has 1 unspecified atom stereocenters. The summed E-state index contributed by atoms with van der Waals surface area (Å²) in [7, 11) is 0. The molecule has 0 bridgehead atoms. The molecule has 0 aliphatic carbocycles. The third-order valence-electron chi connectivity index (χ3n) is 1.31. The maximum absolute atomic E-state index is 5.58. The molecule has 0 amide bonds. The molecular weight excluding hydrogens is 126 g/mol. The molecule has 54 valence electrons. The molecular formula is C7H11N3. The Balaban J connectivity index is 2.76. The van der Waals surface area contributed by atoms with Gasteiger partial charge in [-0.05, 0) is 0 Å². The number of dihydropyridines is 1. The normalized spacial score (nSPS) is 24.1. The van der Waals surface area contributed by atoms with Crippen LogP contribution in [0.4, 0.5) is 0 Å². The minimum Gasteiger partial charge on any atom is -0.399 e. The predicted octanol–water partition coefficient (Wildman–Crippen LogP) is -0.203. The van der Waals surface area contributed by atoms with Gasteiger partial charge in [0.25, 0.3) is 0 Å². The van der Waals surface area contributed by atoms with Crippen LogP contribution in [0.25, 0.3) is 0 Å². The molecule has 3 heteroatoms. The van der Waals surface area contributed by atoms with E-state index in [4.69, 9.17) is 11.5 Å². The van der Waals surface area contributed by atoms with E-state index in [0.29, 0.717) is 12.2 Å². The fourth-order valence-electron chi connectivity index (χ4n) is 0.789. The highest BCUT2D eigenvalue weighted by Crippen LogP contribution is 2.04. The SMILES string of the molecule is C=C(N)C1=CC(N)CN=C1. The Morgan fingerprint density at radius 2 is 2.50 bits per heavy atom. The number of hydrogen-bond acceptors (Lipinski definition) is 3. The summed E-state index contributed by atoms with van der Waals surface area (Å²) in [5.41, 5.74) is 12.4. The number of nitrogens with zero attached hydrogens (tertiary/aromatic N) is 1. The Labute approximate surface area is 60.1 Å². The fourth-order valence-corrected chi connectivity index (χ4v) is 0.789. The van der Waals surface area contributed by atoms with Crippen LogP contribution in [0.2, 0.25) is 0 Å². The van der Waals surface area contributed by atoms with E-state index in [1.54, 1.807) is 6.21 Å². The number of aliphatic imine (C=N–C) groups is 1. The molecule has 1 atom stereocenters. The van der Waals surface area contributed by atoms with Crippen molar-refractivity contribution >= 4 is 6.21 Å². The largest absolute Gasteiger partial charge is 0.399 e. The van der Waals surface area contributed by atoms with Crippen molar-refractivity contribution in [2.75, 3.05) is 6.54 Å². The first-order valence-electron chi connectivity index (χ1n) is 3.12. The van der Waals surface area contributed by atoms with Gasteiger partial charge in [-0.1, -0.05) is 12.7 Å². The highest BCUT2D eigenvalue weighted by Gasteiger charge is 2.04. The van der Waals surface area contributed by atoms with Crippen LogP contribution in [-0.4, -0.2) is 18.8 Å². The first kappa shape index (κ1) is 7.02. The Morgan fingerprint density at radius 3 is 2.90 bits per heavy atom. The average Bonchev–Trinajstić information content (AvgIpc) is 1.88. The maximum Gasteiger partial charge on any atom is 0.0577 e. The van der Waals surface area contributed by atoms with E-state index in [-0.39, 0.29) is 6.04 Å². The van der Waals surface area contributed by atoms with Crippen molar-refractivity contribution in [3.8, 4) is 0 Å². The van der Waals surface area contributed by atoms with Gasteiger partial charge in [-0.25, -0.2) is 0 Å². The van der Waals surface area contributed by atoms with Crippen LogP contribution in [0.3, 0.4) is 0 Å². The molecule has 1 aliphatic heterocycles. The number of hydrogen-bond donors (Lipinski definition) is 2. The predicted molar refractivity (Wildman–Crippen MR) is 42.7 cm³/mol. The molecule has 10 heavy (non-hydrogen) atoms. The molecule has 4 N–H and O–H groups in total. The second-order valence-corrected chi connectivity index (χ2v) is 2.31. The Hall–Kier alpha value is -1.09. The lowest BCUT2D eigenvalue weighted by molar-refractivity contribution is 0.813. The summed E-state index contributed by atoms with van der Waals surface area (Å²) in [6.07, 6.45) is 3.57. The standard InChI is InChI=1S/C7H11N3/c1-5(8)6-2-7(9)4-10-3-6/h2-3,7H,1,4,8-9H2. The van der Waals surface area contributed by atoms with E-state index < -0.39 is 0 Å². The molecule has 0 aromatic heterocycles. The summed E-state index contributed by atoms with van der Waals surface area (Å²) in [5, 5.41) is 0. The van der Waals surface area contributed by atoms with E-state index in [0.717, 1.165) is 5.57 Å². The highest BCUT2D eigenvalue weighted by molar-refractivity contribution is 5.84. The Bertz CT molecular complexity index is 203. The van der Waals surface area contributed by atoms with Crippen LogP contribution in [0.5, 0.6) is 0 Å². The molecule has 3 nitrogen and oxygen atoms in total. The number of allylic oxidation sites excluding steroid dienone is 1. The summed E-state index contributed by atoms with van der Waals surface area (Å²) < 4.78 is 0. The first-order valence-corrected chi connectivity index (χ1v) is 3.12. The topological polar surface area (TPSA) is 64.4 Å². The summed E-state index contributed by atoms with van der Waals surface area (Å²) in [5.74, 6) is 0. The van der Waals surface area contributed by atoms with E-state index >= 15 is 0 Å². The zero-order valence-corrected chi connectivity index (χ0v) is 5.75. The molecule has 0 spiro atoms. The lowest BCUT2D eigenvalue weighted by Gasteiger charge is -2.10. The molecule has 0 saturated heterocycles. The van der Waals surface area contributed by atoms with Crippen LogP contribution in [0.15, 0.2) is 28.9 Å². The van der Waals surface area contributed by atoms with Gasteiger partial charge in [0.05, 0.1) is 6.54 Å². The van der Waals surface area contributed by atoms with Gasteiger partial charge in [0.15, 0.2) is 0 Å². The second-order valence-electron chi connectivity index (χ2n) is 2.31. The number of nitrogens with two attached hydrogens (primary N) is 2. The Kier molecular flexibility index (Phi) is 1.87. The zero-order chi connectivity index (χ0) is 7.56. The molecule has 0 radical (unpaired) electrons. The molecule has 1 aliphatic rings. The smallest absolute Gasteiger partial charge is 0.0577 e. The summed E-state index contributed by atoms with van der Waals surface area (Å²) in [4.78, 5) is 4.00. The van der Waals surface area contributed by atoms with E-state index in [9.17, 15) is 0 Å².